The molecule has 0 bridgehead atoms. The van der Waals surface area contributed by atoms with E-state index in [1.807, 2.05) is 0 Å². The van der Waals surface area contributed by atoms with Gasteiger partial charge in [0.25, 0.3) is 0 Å². The number of rotatable bonds is 4. The number of ether oxygens (including phenoxy) is 1. The van der Waals surface area contributed by atoms with E-state index < -0.39 is 5.97 Å². The number of aromatic amines is 1. The van der Waals surface area contributed by atoms with E-state index in [1.165, 1.54) is 12.3 Å². The number of phenols is 1. The molecule has 6 nitrogen and oxygen atoms in total. The van der Waals surface area contributed by atoms with E-state index in [9.17, 15) is 9.90 Å². The Morgan fingerprint density at radius 2 is 2.18 bits per heavy atom. The van der Waals surface area contributed by atoms with E-state index in [0.717, 1.165) is 0 Å². The van der Waals surface area contributed by atoms with Crippen LogP contribution in [0.3, 0.4) is 0 Å². The summed E-state index contributed by atoms with van der Waals surface area (Å²) in [5, 5.41) is 24.3. The number of H-pyrrole nitrogens is 1. The monoisotopic (exact) mass is 234 g/mol. The number of hydrogen-bond donors (Lipinski definition) is 3. The lowest BCUT2D eigenvalue weighted by atomic mass is 10.2. The van der Waals surface area contributed by atoms with Gasteiger partial charge in [-0.2, -0.15) is 5.10 Å². The van der Waals surface area contributed by atoms with Crippen LogP contribution in [0.1, 0.15) is 16.1 Å². The van der Waals surface area contributed by atoms with Crippen molar-refractivity contribution >= 4 is 5.97 Å². The Hall–Kier alpha value is -2.50. The number of hydrogen-bond acceptors (Lipinski definition) is 4. The largest absolute Gasteiger partial charge is 0.504 e. The van der Waals surface area contributed by atoms with Crippen LogP contribution in [0, 0.1) is 0 Å². The van der Waals surface area contributed by atoms with Crippen LogP contribution in [0.2, 0.25) is 0 Å². The summed E-state index contributed by atoms with van der Waals surface area (Å²) in [6.07, 6.45) is 1.38. The van der Waals surface area contributed by atoms with Gasteiger partial charge < -0.3 is 14.9 Å². The highest BCUT2D eigenvalue weighted by Gasteiger charge is 2.13. The van der Waals surface area contributed by atoms with Gasteiger partial charge >= 0.3 is 5.97 Å². The van der Waals surface area contributed by atoms with Crippen LogP contribution in [0.4, 0.5) is 0 Å². The van der Waals surface area contributed by atoms with E-state index >= 15 is 0 Å². The molecule has 3 N–H and O–H groups in total. The maximum Gasteiger partial charge on any atom is 0.354 e. The lowest BCUT2D eigenvalue weighted by Crippen LogP contribution is -2.04. The first-order valence-corrected chi connectivity index (χ1v) is 4.85. The van der Waals surface area contributed by atoms with Gasteiger partial charge in [-0.3, -0.25) is 5.10 Å². The number of phenolic OH excluding ortho intramolecular Hbond substituents is 1. The second kappa shape index (κ2) is 4.56. The predicted molar refractivity (Wildman–Crippen MR) is 58.0 cm³/mol. The molecule has 1 heterocycles. The standard InChI is InChI=1S/C11H10N2O4/c14-8-3-1-2-4-9(8)17-6-7-5-12-13-10(7)11(15)16/h1-5,14H,6H2,(H,12,13)(H,15,16). The van der Waals surface area contributed by atoms with Crippen molar-refractivity contribution in [3.8, 4) is 11.5 Å². The number of para-hydroxylation sites is 2. The third-order valence-corrected chi connectivity index (χ3v) is 2.18. The Bertz CT molecular complexity index is 536. The molecule has 6 heteroatoms. The van der Waals surface area contributed by atoms with Gasteiger partial charge in [0.15, 0.2) is 11.5 Å². The molecule has 0 unspecified atom stereocenters. The minimum Gasteiger partial charge on any atom is -0.504 e. The predicted octanol–water partition coefficient (Wildman–Crippen LogP) is 1.39. The molecule has 0 aliphatic rings. The maximum absolute atomic E-state index is 10.8. The molecule has 0 saturated heterocycles. The molecule has 0 atom stereocenters. The molecule has 0 saturated carbocycles. The first-order valence-electron chi connectivity index (χ1n) is 4.85. The summed E-state index contributed by atoms with van der Waals surface area (Å²) < 4.78 is 5.30. The molecule has 2 rings (SSSR count). The smallest absolute Gasteiger partial charge is 0.354 e. The molecule has 0 spiro atoms. The third kappa shape index (κ3) is 2.36. The van der Waals surface area contributed by atoms with Gasteiger partial charge in [-0.1, -0.05) is 12.1 Å². The van der Waals surface area contributed by atoms with Crippen LogP contribution < -0.4 is 4.74 Å². The van der Waals surface area contributed by atoms with Crippen LogP contribution in [0.5, 0.6) is 11.5 Å². The van der Waals surface area contributed by atoms with Gasteiger partial charge in [0.1, 0.15) is 12.3 Å². The highest BCUT2D eigenvalue weighted by Crippen LogP contribution is 2.25. The fourth-order valence-electron chi connectivity index (χ4n) is 1.34. The lowest BCUT2D eigenvalue weighted by molar-refractivity contribution is 0.0687. The number of aromatic nitrogens is 2. The third-order valence-electron chi connectivity index (χ3n) is 2.18. The summed E-state index contributed by atoms with van der Waals surface area (Å²) >= 11 is 0. The van der Waals surface area contributed by atoms with Gasteiger partial charge in [0, 0.05) is 5.56 Å². The summed E-state index contributed by atoms with van der Waals surface area (Å²) in [6.45, 7) is 0.0235. The van der Waals surface area contributed by atoms with Crippen molar-refractivity contribution in [2.75, 3.05) is 0 Å². The molecule has 2 aromatic rings. The first-order chi connectivity index (χ1) is 8.18. The zero-order valence-electron chi connectivity index (χ0n) is 8.75. The molecule has 17 heavy (non-hydrogen) atoms. The number of aromatic carboxylic acids is 1. The summed E-state index contributed by atoms with van der Waals surface area (Å²) in [6, 6.07) is 6.46. The van der Waals surface area contributed by atoms with E-state index in [0.29, 0.717) is 11.3 Å². The van der Waals surface area contributed by atoms with Crippen molar-refractivity contribution in [3.05, 3.63) is 41.7 Å². The Morgan fingerprint density at radius 1 is 1.41 bits per heavy atom. The normalized spacial score (nSPS) is 10.1. The number of carboxylic acid groups (broad SMARTS) is 1. The zero-order valence-corrected chi connectivity index (χ0v) is 8.75. The molecular weight excluding hydrogens is 224 g/mol. The molecule has 1 aromatic carbocycles. The number of benzene rings is 1. The molecule has 88 valence electrons. The van der Waals surface area contributed by atoms with E-state index in [-0.39, 0.29) is 18.1 Å². The van der Waals surface area contributed by atoms with Crippen LogP contribution in [-0.2, 0) is 6.61 Å². The van der Waals surface area contributed by atoms with Crippen LogP contribution in [0.25, 0.3) is 0 Å². The molecule has 0 fully saturated rings. The number of nitrogens with zero attached hydrogens (tertiary/aromatic N) is 1. The van der Waals surface area contributed by atoms with Gasteiger partial charge in [0.05, 0.1) is 6.20 Å². The van der Waals surface area contributed by atoms with E-state index in [1.54, 1.807) is 18.2 Å². The van der Waals surface area contributed by atoms with Gasteiger partial charge in [-0.25, -0.2) is 4.79 Å². The average molecular weight is 234 g/mol. The number of carboxylic acids is 1. The first kappa shape index (κ1) is 11.0. The van der Waals surface area contributed by atoms with Gasteiger partial charge in [0.2, 0.25) is 0 Å². The highest BCUT2D eigenvalue weighted by atomic mass is 16.5. The average Bonchev–Trinajstić information content (AvgIpc) is 2.76. The SMILES string of the molecule is O=C(O)c1[nH]ncc1COc1ccccc1O. The van der Waals surface area contributed by atoms with Crippen molar-refractivity contribution in [1.82, 2.24) is 10.2 Å². The second-order valence-corrected chi connectivity index (χ2v) is 3.33. The molecule has 0 aliphatic heterocycles. The summed E-state index contributed by atoms with van der Waals surface area (Å²) in [7, 11) is 0. The Kier molecular flexibility index (Phi) is 2.95. The maximum atomic E-state index is 10.8. The quantitative estimate of drug-likeness (QED) is 0.743. The van der Waals surface area contributed by atoms with Crippen molar-refractivity contribution in [3.63, 3.8) is 0 Å². The fraction of sp³-hybridized carbons (Fsp3) is 0.0909. The Morgan fingerprint density at radius 3 is 2.88 bits per heavy atom. The van der Waals surface area contributed by atoms with Crippen molar-refractivity contribution < 1.29 is 19.7 Å². The molecular formula is C11H10N2O4. The van der Waals surface area contributed by atoms with E-state index in [2.05, 4.69) is 10.2 Å². The summed E-state index contributed by atoms with van der Waals surface area (Å²) in [5.41, 5.74) is 0.404. The molecule has 0 radical (unpaired) electrons. The number of carbonyl (C=O) groups is 1. The van der Waals surface area contributed by atoms with Crippen LogP contribution in [0.15, 0.2) is 30.5 Å². The zero-order chi connectivity index (χ0) is 12.3. The van der Waals surface area contributed by atoms with E-state index in [4.69, 9.17) is 9.84 Å². The second-order valence-electron chi connectivity index (χ2n) is 3.33. The van der Waals surface area contributed by atoms with Gasteiger partial charge in [-0.15, -0.1) is 0 Å². The lowest BCUT2D eigenvalue weighted by Gasteiger charge is -2.06. The minimum absolute atomic E-state index is 0.00729. The number of aromatic hydroxyl groups is 1. The molecule has 0 amide bonds. The van der Waals surface area contributed by atoms with Gasteiger partial charge in [-0.05, 0) is 12.1 Å². The summed E-state index contributed by atoms with van der Waals surface area (Å²) in [4.78, 5) is 10.8. The fourth-order valence-corrected chi connectivity index (χ4v) is 1.34. The number of nitrogens with one attached hydrogen (secondary N) is 1. The topological polar surface area (TPSA) is 95.4 Å². The highest BCUT2D eigenvalue weighted by molar-refractivity contribution is 5.86. The Labute approximate surface area is 96.5 Å². The molecule has 0 aliphatic carbocycles. The molecule has 1 aromatic heterocycles. The van der Waals surface area contributed by atoms with Crippen molar-refractivity contribution in [1.29, 1.82) is 0 Å². The Balaban J connectivity index is 2.10. The summed E-state index contributed by atoms with van der Waals surface area (Å²) in [5.74, 6) is -0.795. The van der Waals surface area contributed by atoms with Crippen molar-refractivity contribution in [2.45, 2.75) is 6.61 Å². The van der Waals surface area contributed by atoms with Crippen LogP contribution >= 0.6 is 0 Å². The van der Waals surface area contributed by atoms with Crippen LogP contribution in [-0.4, -0.2) is 26.4 Å². The minimum atomic E-state index is -1.10. The van der Waals surface area contributed by atoms with Crippen molar-refractivity contribution in [2.24, 2.45) is 0 Å².